The highest BCUT2D eigenvalue weighted by molar-refractivity contribution is 6.17. The summed E-state index contributed by atoms with van der Waals surface area (Å²) in [6.45, 7) is 8.95. The van der Waals surface area contributed by atoms with Crippen molar-refractivity contribution >= 4 is 17.4 Å². The van der Waals surface area contributed by atoms with Crippen molar-refractivity contribution in [3.8, 4) is 0 Å². The van der Waals surface area contributed by atoms with Crippen LogP contribution in [0.1, 0.15) is 63.6 Å². The molecule has 2 rings (SSSR count). The molecule has 0 unspecified atom stereocenters. The van der Waals surface area contributed by atoms with Crippen molar-refractivity contribution in [1.82, 2.24) is 4.98 Å². The Morgan fingerprint density at radius 2 is 2.00 bits per heavy atom. The maximum Gasteiger partial charge on any atom is 0.129 e. The Kier molecular flexibility index (Phi) is 5.71. The van der Waals surface area contributed by atoms with E-state index < -0.39 is 0 Å². The number of pyridine rings is 1. The molecular formula is C17H27ClN2. The first-order valence-corrected chi connectivity index (χ1v) is 8.49. The third-order valence-electron chi connectivity index (χ3n) is 4.27. The van der Waals surface area contributed by atoms with E-state index in [4.69, 9.17) is 16.6 Å². The van der Waals surface area contributed by atoms with Crippen molar-refractivity contribution in [2.75, 3.05) is 18.0 Å². The summed E-state index contributed by atoms with van der Waals surface area (Å²) < 4.78 is 0. The smallest absolute Gasteiger partial charge is 0.129 e. The van der Waals surface area contributed by atoms with Crippen LogP contribution in [0, 0.1) is 5.92 Å². The van der Waals surface area contributed by atoms with Crippen LogP contribution in [0.3, 0.4) is 0 Å². The van der Waals surface area contributed by atoms with Crippen molar-refractivity contribution in [2.24, 2.45) is 5.92 Å². The fraction of sp³-hybridized carbons (Fsp3) is 0.706. The fourth-order valence-corrected chi connectivity index (χ4v) is 3.14. The van der Waals surface area contributed by atoms with Gasteiger partial charge in [0.25, 0.3) is 0 Å². The molecule has 0 bridgehead atoms. The van der Waals surface area contributed by atoms with Crippen LogP contribution in [0.25, 0.3) is 0 Å². The van der Waals surface area contributed by atoms with Gasteiger partial charge in [0.05, 0.1) is 0 Å². The molecule has 1 saturated heterocycles. The van der Waals surface area contributed by atoms with Gasteiger partial charge in [0.2, 0.25) is 0 Å². The molecule has 0 saturated carbocycles. The Morgan fingerprint density at radius 3 is 2.55 bits per heavy atom. The monoisotopic (exact) mass is 294 g/mol. The van der Waals surface area contributed by atoms with E-state index >= 15 is 0 Å². The lowest BCUT2D eigenvalue weighted by molar-refractivity contribution is 0.377. The lowest BCUT2D eigenvalue weighted by Crippen LogP contribution is -2.34. The van der Waals surface area contributed by atoms with Gasteiger partial charge in [0.15, 0.2) is 0 Å². The molecule has 1 aromatic rings. The van der Waals surface area contributed by atoms with Gasteiger partial charge in [-0.25, -0.2) is 4.98 Å². The van der Waals surface area contributed by atoms with Crippen LogP contribution in [0.15, 0.2) is 12.1 Å². The van der Waals surface area contributed by atoms with Gasteiger partial charge in [-0.05, 0) is 42.4 Å². The van der Waals surface area contributed by atoms with Crippen LogP contribution < -0.4 is 4.90 Å². The third-order valence-corrected chi connectivity index (χ3v) is 4.58. The molecule has 1 aliphatic heterocycles. The summed E-state index contributed by atoms with van der Waals surface area (Å²) in [5.74, 6) is 3.06. The highest BCUT2D eigenvalue weighted by Crippen LogP contribution is 2.27. The molecule has 0 amide bonds. The molecule has 1 aliphatic rings. The summed E-state index contributed by atoms with van der Waals surface area (Å²) in [5.41, 5.74) is 2.35. The summed E-state index contributed by atoms with van der Waals surface area (Å²) in [6, 6.07) is 4.31. The van der Waals surface area contributed by atoms with E-state index in [0.29, 0.717) is 11.8 Å². The van der Waals surface area contributed by atoms with E-state index in [1.165, 1.54) is 31.2 Å². The predicted molar refractivity (Wildman–Crippen MR) is 87.7 cm³/mol. The highest BCUT2D eigenvalue weighted by Gasteiger charge is 2.20. The standard InChI is InChI=1S/C17H27ClN2/c1-4-5-14-6-8-20(9-7-14)17-11-15(12-18)10-16(19-17)13(2)3/h10-11,13-14H,4-9,12H2,1-3H3. The number of anilines is 1. The predicted octanol–water partition coefficient (Wildman–Crippen LogP) is 4.96. The minimum Gasteiger partial charge on any atom is -0.357 e. The number of aromatic nitrogens is 1. The van der Waals surface area contributed by atoms with Gasteiger partial charge in [0.1, 0.15) is 5.82 Å². The summed E-state index contributed by atoms with van der Waals surface area (Å²) >= 11 is 6.03. The number of piperidine rings is 1. The summed E-state index contributed by atoms with van der Waals surface area (Å²) in [5, 5.41) is 0. The van der Waals surface area contributed by atoms with Gasteiger partial charge in [-0.1, -0.05) is 33.6 Å². The average molecular weight is 295 g/mol. The largest absolute Gasteiger partial charge is 0.357 e. The molecule has 0 N–H and O–H groups in total. The van der Waals surface area contributed by atoms with Gasteiger partial charge in [-0.3, -0.25) is 0 Å². The molecule has 2 heterocycles. The van der Waals surface area contributed by atoms with Gasteiger partial charge < -0.3 is 4.90 Å². The molecule has 0 aliphatic carbocycles. The van der Waals surface area contributed by atoms with Crippen LogP contribution in [-0.2, 0) is 5.88 Å². The first-order chi connectivity index (χ1) is 9.63. The van der Waals surface area contributed by atoms with E-state index in [1.54, 1.807) is 0 Å². The summed E-state index contributed by atoms with van der Waals surface area (Å²) in [7, 11) is 0. The number of hydrogen-bond acceptors (Lipinski definition) is 2. The first-order valence-electron chi connectivity index (χ1n) is 7.95. The topological polar surface area (TPSA) is 16.1 Å². The number of rotatable bonds is 5. The van der Waals surface area contributed by atoms with Gasteiger partial charge in [-0.2, -0.15) is 0 Å². The number of nitrogens with zero attached hydrogens (tertiary/aromatic N) is 2. The Morgan fingerprint density at radius 1 is 1.30 bits per heavy atom. The zero-order valence-electron chi connectivity index (χ0n) is 13.0. The summed E-state index contributed by atoms with van der Waals surface area (Å²) in [4.78, 5) is 7.28. The minimum absolute atomic E-state index is 0.453. The lowest BCUT2D eigenvalue weighted by atomic mass is 9.92. The van der Waals surface area contributed by atoms with E-state index in [0.717, 1.165) is 30.5 Å². The van der Waals surface area contributed by atoms with Crippen molar-refractivity contribution in [3.63, 3.8) is 0 Å². The van der Waals surface area contributed by atoms with E-state index in [9.17, 15) is 0 Å². The van der Waals surface area contributed by atoms with Crippen LogP contribution in [0.4, 0.5) is 5.82 Å². The Hall–Kier alpha value is -0.760. The quantitative estimate of drug-likeness (QED) is 0.714. The van der Waals surface area contributed by atoms with Crippen molar-refractivity contribution in [2.45, 2.75) is 58.3 Å². The lowest BCUT2D eigenvalue weighted by Gasteiger charge is -2.33. The molecule has 1 aromatic heterocycles. The van der Waals surface area contributed by atoms with Gasteiger partial charge in [0, 0.05) is 24.7 Å². The van der Waals surface area contributed by atoms with Crippen LogP contribution in [0.5, 0.6) is 0 Å². The third kappa shape index (κ3) is 3.88. The molecule has 1 fully saturated rings. The average Bonchev–Trinajstić information content (AvgIpc) is 2.47. The molecule has 2 nitrogen and oxygen atoms in total. The molecule has 3 heteroatoms. The fourth-order valence-electron chi connectivity index (χ4n) is 2.99. The molecular weight excluding hydrogens is 268 g/mol. The first kappa shape index (κ1) is 15.6. The molecule has 112 valence electrons. The van der Waals surface area contributed by atoms with E-state index in [2.05, 4.69) is 37.8 Å². The molecule has 0 aromatic carbocycles. The highest BCUT2D eigenvalue weighted by atomic mass is 35.5. The van der Waals surface area contributed by atoms with Crippen LogP contribution >= 0.6 is 11.6 Å². The zero-order chi connectivity index (χ0) is 14.5. The molecule has 0 spiro atoms. The van der Waals surface area contributed by atoms with E-state index in [-0.39, 0.29) is 0 Å². The normalized spacial score (nSPS) is 16.9. The van der Waals surface area contributed by atoms with Gasteiger partial charge >= 0.3 is 0 Å². The Balaban J connectivity index is 2.10. The number of hydrogen-bond donors (Lipinski definition) is 0. The maximum absolute atomic E-state index is 6.03. The maximum atomic E-state index is 6.03. The van der Waals surface area contributed by atoms with Crippen molar-refractivity contribution in [1.29, 1.82) is 0 Å². The SMILES string of the molecule is CCCC1CCN(c2cc(CCl)cc(C(C)C)n2)CC1. The summed E-state index contributed by atoms with van der Waals surface area (Å²) in [6.07, 6.45) is 5.29. The molecule has 0 atom stereocenters. The minimum atomic E-state index is 0.453. The second-order valence-electron chi connectivity index (χ2n) is 6.27. The second kappa shape index (κ2) is 7.31. The number of alkyl halides is 1. The van der Waals surface area contributed by atoms with Crippen LogP contribution in [-0.4, -0.2) is 18.1 Å². The second-order valence-corrected chi connectivity index (χ2v) is 6.53. The van der Waals surface area contributed by atoms with Crippen LogP contribution in [0.2, 0.25) is 0 Å². The Labute approximate surface area is 128 Å². The van der Waals surface area contributed by atoms with Crippen molar-refractivity contribution in [3.05, 3.63) is 23.4 Å². The molecule has 20 heavy (non-hydrogen) atoms. The van der Waals surface area contributed by atoms with Gasteiger partial charge in [-0.15, -0.1) is 11.6 Å². The Bertz CT molecular complexity index is 423. The zero-order valence-corrected chi connectivity index (χ0v) is 13.8. The van der Waals surface area contributed by atoms with E-state index in [1.807, 2.05) is 0 Å². The molecule has 0 radical (unpaired) electrons. The number of halogens is 1. The van der Waals surface area contributed by atoms with Crippen molar-refractivity contribution < 1.29 is 0 Å².